The lowest BCUT2D eigenvalue weighted by molar-refractivity contribution is 0.126. The summed E-state index contributed by atoms with van der Waals surface area (Å²) in [6.45, 7) is 0. The summed E-state index contributed by atoms with van der Waals surface area (Å²) < 4.78 is 1.69. The molecule has 24 heavy (non-hydrogen) atoms. The van der Waals surface area contributed by atoms with E-state index in [2.05, 4.69) is 20.4 Å². The van der Waals surface area contributed by atoms with Gasteiger partial charge >= 0.3 is 0 Å². The molecule has 0 amide bonds. The molecule has 3 aromatic rings. The summed E-state index contributed by atoms with van der Waals surface area (Å²) in [6, 6.07) is 7.37. The van der Waals surface area contributed by atoms with E-state index in [-0.39, 0.29) is 17.9 Å². The Morgan fingerprint density at radius 1 is 1.12 bits per heavy atom. The molecule has 0 aliphatic heterocycles. The first-order chi connectivity index (χ1) is 11.7. The van der Waals surface area contributed by atoms with Gasteiger partial charge in [-0.15, -0.1) is 0 Å². The minimum absolute atomic E-state index is 0.182. The number of aliphatic hydroxyl groups is 1. The zero-order chi connectivity index (χ0) is 16.5. The van der Waals surface area contributed by atoms with Crippen molar-refractivity contribution in [2.45, 2.75) is 37.8 Å². The molecule has 124 valence electrons. The number of aromatic nitrogens is 4. The summed E-state index contributed by atoms with van der Waals surface area (Å²) in [5.41, 5.74) is 0.792. The number of phenols is 1. The second-order valence-corrected chi connectivity index (χ2v) is 6.15. The van der Waals surface area contributed by atoms with E-state index in [1.165, 1.54) is 0 Å². The predicted molar refractivity (Wildman–Crippen MR) is 90.2 cm³/mol. The molecule has 0 radical (unpaired) electrons. The van der Waals surface area contributed by atoms with Crippen LogP contribution in [0.2, 0.25) is 0 Å². The van der Waals surface area contributed by atoms with Crippen LogP contribution in [0.15, 0.2) is 36.7 Å². The summed E-state index contributed by atoms with van der Waals surface area (Å²) in [5.74, 6) is 1.40. The van der Waals surface area contributed by atoms with Crippen molar-refractivity contribution in [3.8, 4) is 11.6 Å². The molecule has 2 heterocycles. The van der Waals surface area contributed by atoms with Crippen molar-refractivity contribution in [3.05, 3.63) is 36.7 Å². The van der Waals surface area contributed by atoms with Crippen molar-refractivity contribution >= 4 is 16.9 Å². The van der Waals surface area contributed by atoms with Gasteiger partial charge in [0.05, 0.1) is 23.2 Å². The van der Waals surface area contributed by atoms with Crippen LogP contribution in [0.25, 0.3) is 16.7 Å². The number of rotatable bonds is 3. The van der Waals surface area contributed by atoms with Gasteiger partial charge in [0, 0.05) is 18.3 Å². The second kappa shape index (κ2) is 6.09. The van der Waals surface area contributed by atoms with Gasteiger partial charge in [0.15, 0.2) is 5.82 Å². The maximum atomic E-state index is 9.90. The summed E-state index contributed by atoms with van der Waals surface area (Å²) in [6.07, 6.45) is 6.57. The molecule has 0 atom stereocenters. The van der Waals surface area contributed by atoms with Crippen molar-refractivity contribution in [1.82, 2.24) is 19.7 Å². The Balaban J connectivity index is 1.61. The van der Waals surface area contributed by atoms with Crippen molar-refractivity contribution in [3.63, 3.8) is 0 Å². The first-order valence-electron chi connectivity index (χ1n) is 8.14. The molecule has 1 fully saturated rings. The molecule has 0 unspecified atom stereocenters. The van der Waals surface area contributed by atoms with E-state index in [1.54, 1.807) is 35.3 Å². The zero-order valence-electron chi connectivity index (χ0n) is 13.1. The van der Waals surface area contributed by atoms with Gasteiger partial charge in [-0.3, -0.25) is 0 Å². The monoisotopic (exact) mass is 325 g/mol. The Bertz CT molecular complexity index is 855. The molecule has 7 nitrogen and oxygen atoms in total. The number of aliphatic hydroxyl groups excluding tert-OH is 1. The Labute approximate surface area is 139 Å². The Morgan fingerprint density at radius 2 is 1.96 bits per heavy atom. The fraction of sp³-hybridized carbons (Fsp3) is 0.353. The van der Waals surface area contributed by atoms with Crippen LogP contribution < -0.4 is 5.32 Å². The smallest absolute Gasteiger partial charge is 0.224 e. The van der Waals surface area contributed by atoms with Crippen molar-refractivity contribution in [1.29, 1.82) is 0 Å². The van der Waals surface area contributed by atoms with E-state index in [0.29, 0.717) is 17.2 Å². The van der Waals surface area contributed by atoms with Gasteiger partial charge in [-0.05, 0) is 37.8 Å². The minimum atomic E-state index is -0.182. The standard InChI is InChI=1S/C17H19N5O2/c23-12-6-4-11(5-7-12)20-17-18-9-8-16(21-17)22-14-2-1-3-15(24)13(14)10-19-22/h1-3,8-12,23-24H,4-7H2,(H,18,20,21). The number of aromatic hydroxyl groups is 1. The molecule has 0 spiro atoms. The number of benzene rings is 1. The molecule has 0 bridgehead atoms. The van der Waals surface area contributed by atoms with E-state index in [0.717, 1.165) is 31.2 Å². The maximum absolute atomic E-state index is 9.90. The van der Waals surface area contributed by atoms with Crippen LogP contribution in [-0.2, 0) is 0 Å². The fourth-order valence-electron chi connectivity index (χ4n) is 3.16. The van der Waals surface area contributed by atoms with E-state index in [9.17, 15) is 10.2 Å². The van der Waals surface area contributed by atoms with Gasteiger partial charge in [0.2, 0.25) is 5.95 Å². The molecule has 4 rings (SSSR count). The predicted octanol–water partition coefficient (Wildman–Crippen LogP) is 2.24. The molecule has 7 heteroatoms. The second-order valence-electron chi connectivity index (χ2n) is 6.15. The number of anilines is 1. The third-order valence-electron chi connectivity index (χ3n) is 4.48. The molecule has 1 aliphatic rings. The molecule has 2 aromatic heterocycles. The van der Waals surface area contributed by atoms with E-state index >= 15 is 0 Å². The molecular weight excluding hydrogens is 306 g/mol. The molecular formula is C17H19N5O2. The molecule has 1 aromatic carbocycles. The fourth-order valence-corrected chi connectivity index (χ4v) is 3.16. The summed E-state index contributed by atoms with van der Waals surface area (Å²) in [4.78, 5) is 8.83. The third-order valence-corrected chi connectivity index (χ3v) is 4.48. The third kappa shape index (κ3) is 2.78. The van der Waals surface area contributed by atoms with E-state index < -0.39 is 0 Å². The highest BCUT2D eigenvalue weighted by atomic mass is 16.3. The van der Waals surface area contributed by atoms with E-state index in [4.69, 9.17) is 0 Å². The van der Waals surface area contributed by atoms with Crippen LogP contribution in [0, 0.1) is 0 Å². The molecule has 3 N–H and O–H groups in total. The zero-order valence-corrected chi connectivity index (χ0v) is 13.1. The molecule has 1 aliphatic carbocycles. The molecule has 0 saturated heterocycles. The van der Waals surface area contributed by atoms with Gasteiger partial charge in [-0.1, -0.05) is 6.07 Å². The number of fused-ring (bicyclic) bond motifs is 1. The van der Waals surface area contributed by atoms with E-state index in [1.807, 2.05) is 6.07 Å². The van der Waals surface area contributed by atoms with Crippen LogP contribution in [-0.4, -0.2) is 42.1 Å². The van der Waals surface area contributed by atoms with Crippen molar-refractivity contribution in [2.75, 3.05) is 5.32 Å². The van der Waals surface area contributed by atoms with Crippen LogP contribution in [0.5, 0.6) is 5.75 Å². The van der Waals surface area contributed by atoms with Crippen molar-refractivity contribution in [2.24, 2.45) is 0 Å². The normalized spacial score (nSPS) is 21.0. The number of nitrogens with one attached hydrogen (secondary N) is 1. The van der Waals surface area contributed by atoms with Crippen LogP contribution in [0.3, 0.4) is 0 Å². The van der Waals surface area contributed by atoms with Gasteiger partial charge in [0.1, 0.15) is 5.75 Å². The van der Waals surface area contributed by atoms with Gasteiger partial charge < -0.3 is 15.5 Å². The number of phenolic OH excluding ortho intramolecular Hbond substituents is 1. The first kappa shape index (κ1) is 14.9. The van der Waals surface area contributed by atoms with Gasteiger partial charge in [-0.25, -0.2) is 9.67 Å². The van der Waals surface area contributed by atoms with Crippen LogP contribution >= 0.6 is 0 Å². The Hall–Kier alpha value is -2.67. The Morgan fingerprint density at radius 3 is 2.79 bits per heavy atom. The number of hydrogen-bond donors (Lipinski definition) is 3. The first-order valence-corrected chi connectivity index (χ1v) is 8.14. The lowest BCUT2D eigenvalue weighted by Crippen LogP contribution is -2.29. The largest absolute Gasteiger partial charge is 0.507 e. The lowest BCUT2D eigenvalue weighted by atomic mass is 9.93. The SMILES string of the molecule is Oc1cccc2c1cnn2-c1ccnc(NC2CCC(O)CC2)n1. The average Bonchev–Trinajstić information content (AvgIpc) is 3.03. The summed E-state index contributed by atoms with van der Waals surface area (Å²) in [7, 11) is 0. The number of hydrogen-bond acceptors (Lipinski definition) is 6. The number of nitrogens with zero attached hydrogens (tertiary/aromatic N) is 4. The topological polar surface area (TPSA) is 96.1 Å². The highest BCUT2D eigenvalue weighted by molar-refractivity contribution is 5.85. The highest BCUT2D eigenvalue weighted by Gasteiger charge is 2.20. The lowest BCUT2D eigenvalue weighted by Gasteiger charge is -2.26. The molecule has 1 saturated carbocycles. The minimum Gasteiger partial charge on any atom is -0.507 e. The average molecular weight is 325 g/mol. The quantitative estimate of drug-likeness (QED) is 0.683. The summed E-state index contributed by atoms with van der Waals surface area (Å²) in [5, 5.41) is 27.9. The van der Waals surface area contributed by atoms with Crippen LogP contribution in [0.4, 0.5) is 5.95 Å². The van der Waals surface area contributed by atoms with Gasteiger partial charge in [-0.2, -0.15) is 10.1 Å². The summed E-state index contributed by atoms with van der Waals surface area (Å²) >= 11 is 0. The maximum Gasteiger partial charge on any atom is 0.224 e. The van der Waals surface area contributed by atoms with Gasteiger partial charge in [0.25, 0.3) is 0 Å². The van der Waals surface area contributed by atoms with Crippen molar-refractivity contribution < 1.29 is 10.2 Å². The van der Waals surface area contributed by atoms with Crippen LogP contribution in [0.1, 0.15) is 25.7 Å². The Kier molecular flexibility index (Phi) is 3.78. The highest BCUT2D eigenvalue weighted by Crippen LogP contribution is 2.26.